The highest BCUT2D eigenvalue weighted by molar-refractivity contribution is 5.85. The highest BCUT2D eigenvalue weighted by Gasteiger charge is 2.30. The largest absolute Gasteiger partial charge is 0.416 e. The predicted octanol–water partition coefficient (Wildman–Crippen LogP) is 0.875. The van der Waals surface area contributed by atoms with Crippen LogP contribution < -0.4 is 10.5 Å². The first-order valence-electron chi connectivity index (χ1n) is 4.95. The lowest BCUT2D eigenvalue weighted by molar-refractivity contribution is -0.122. The molecule has 84 valence electrons. The summed E-state index contributed by atoms with van der Waals surface area (Å²) in [5, 5.41) is 0. The molecule has 1 aliphatic heterocycles. The highest BCUT2D eigenvalue weighted by Crippen LogP contribution is 2.26. The first-order chi connectivity index (χ1) is 7.59. The van der Waals surface area contributed by atoms with E-state index < -0.39 is 18.0 Å². The Bertz CT molecular complexity index is 445. The van der Waals surface area contributed by atoms with Gasteiger partial charge in [-0.3, -0.25) is 9.69 Å². The molecule has 1 aromatic rings. The minimum atomic E-state index is -0.666. The van der Waals surface area contributed by atoms with Crippen LogP contribution in [-0.4, -0.2) is 22.9 Å². The summed E-state index contributed by atoms with van der Waals surface area (Å²) in [6, 6.07) is 6.55. The summed E-state index contributed by atoms with van der Waals surface area (Å²) < 4.78 is 5.09. The molecule has 1 heterocycles. The van der Waals surface area contributed by atoms with Gasteiger partial charge in [0.15, 0.2) is 0 Å². The monoisotopic (exact) mass is 220 g/mol. The lowest BCUT2D eigenvalue weighted by Crippen LogP contribution is -2.48. The fraction of sp³-hybridized carbons (Fsp3) is 0.273. The maximum atomic E-state index is 11.6. The molecule has 2 rings (SSSR count). The second kappa shape index (κ2) is 3.84. The molecule has 5 heteroatoms. The number of carbonyl (C=O) groups excluding carboxylic acids is 2. The lowest BCUT2D eigenvalue weighted by atomic mass is 10.1. The maximum Gasteiger partial charge on any atom is 0.416 e. The molecular formula is C11H12N2O3. The van der Waals surface area contributed by atoms with Crippen LogP contribution in [0.2, 0.25) is 0 Å². The Morgan fingerprint density at radius 3 is 2.88 bits per heavy atom. The average molecular weight is 220 g/mol. The van der Waals surface area contributed by atoms with Gasteiger partial charge in [0.1, 0.15) is 11.8 Å². The highest BCUT2D eigenvalue weighted by atomic mass is 16.6. The topological polar surface area (TPSA) is 72.6 Å². The molecule has 0 saturated carbocycles. The smallest absolute Gasteiger partial charge is 0.410 e. The van der Waals surface area contributed by atoms with Gasteiger partial charge in [0.2, 0.25) is 5.91 Å². The van der Waals surface area contributed by atoms with Crippen molar-refractivity contribution in [2.45, 2.75) is 19.5 Å². The van der Waals surface area contributed by atoms with E-state index in [1.807, 2.05) is 12.1 Å². The molecule has 0 aromatic heterocycles. The molecule has 16 heavy (non-hydrogen) atoms. The van der Waals surface area contributed by atoms with Crippen molar-refractivity contribution in [3.8, 4) is 5.75 Å². The van der Waals surface area contributed by atoms with Crippen molar-refractivity contribution in [1.29, 1.82) is 0 Å². The van der Waals surface area contributed by atoms with Gasteiger partial charge < -0.3 is 10.5 Å². The fourth-order valence-electron chi connectivity index (χ4n) is 1.58. The van der Waals surface area contributed by atoms with Gasteiger partial charge in [0.25, 0.3) is 0 Å². The Kier molecular flexibility index (Phi) is 2.52. The van der Waals surface area contributed by atoms with Crippen LogP contribution in [0.3, 0.4) is 0 Å². The van der Waals surface area contributed by atoms with Crippen molar-refractivity contribution in [1.82, 2.24) is 4.90 Å². The van der Waals surface area contributed by atoms with E-state index in [4.69, 9.17) is 10.5 Å². The van der Waals surface area contributed by atoms with E-state index in [1.54, 1.807) is 19.1 Å². The molecule has 0 bridgehead atoms. The van der Waals surface area contributed by atoms with Crippen LogP contribution >= 0.6 is 0 Å². The van der Waals surface area contributed by atoms with Crippen molar-refractivity contribution in [3.05, 3.63) is 29.8 Å². The Hall–Kier alpha value is -2.04. The first-order valence-corrected chi connectivity index (χ1v) is 4.95. The molecule has 0 unspecified atom stereocenters. The molecule has 1 aromatic carbocycles. The Balaban J connectivity index is 2.28. The van der Waals surface area contributed by atoms with E-state index in [-0.39, 0.29) is 0 Å². The zero-order chi connectivity index (χ0) is 11.7. The molecule has 0 radical (unpaired) electrons. The number of hydrogen-bond acceptors (Lipinski definition) is 3. The van der Waals surface area contributed by atoms with Gasteiger partial charge in [0, 0.05) is 5.56 Å². The number of carbonyl (C=O) groups is 2. The van der Waals surface area contributed by atoms with E-state index in [0.29, 0.717) is 12.3 Å². The third-order valence-corrected chi connectivity index (χ3v) is 2.62. The van der Waals surface area contributed by atoms with Crippen LogP contribution in [0.15, 0.2) is 24.3 Å². The lowest BCUT2D eigenvalue weighted by Gasteiger charge is -2.30. The van der Waals surface area contributed by atoms with Gasteiger partial charge in [0.05, 0.1) is 6.54 Å². The molecule has 0 fully saturated rings. The normalized spacial score (nSPS) is 16.3. The Labute approximate surface area is 92.8 Å². The third-order valence-electron chi connectivity index (χ3n) is 2.62. The summed E-state index contributed by atoms with van der Waals surface area (Å²) in [6.07, 6.45) is -0.537. The van der Waals surface area contributed by atoms with Gasteiger partial charge >= 0.3 is 6.09 Å². The van der Waals surface area contributed by atoms with Crippen molar-refractivity contribution in [3.63, 3.8) is 0 Å². The van der Waals surface area contributed by atoms with E-state index in [2.05, 4.69) is 0 Å². The summed E-state index contributed by atoms with van der Waals surface area (Å²) in [5.41, 5.74) is 6.03. The molecular weight excluding hydrogens is 208 g/mol. The van der Waals surface area contributed by atoms with Crippen molar-refractivity contribution < 1.29 is 14.3 Å². The Morgan fingerprint density at radius 2 is 2.19 bits per heavy atom. The second-order valence-electron chi connectivity index (χ2n) is 3.68. The number of para-hydroxylation sites is 1. The first kappa shape index (κ1) is 10.5. The van der Waals surface area contributed by atoms with Gasteiger partial charge in [-0.2, -0.15) is 0 Å². The summed E-state index contributed by atoms with van der Waals surface area (Å²) in [6.45, 7) is 1.93. The number of amides is 2. The number of rotatable bonds is 2. The standard InChI is InChI=1S/C11H12N2O3/c1-7(10(12)14)13-6-8-4-2-3-5-9(8)16-11(13)15/h2-5,7H,6H2,1H3,(H2,12,14)/t7-/m1/s1. The minimum Gasteiger partial charge on any atom is -0.410 e. The molecule has 2 N–H and O–H groups in total. The zero-order valence-electron chi connectivity index (χ0n) is 8.84. The molecule has 5 nitrogen and oxygen atoms in total. The quantitative estimate of drug-likeness (QED) is 0.803. The van der Waals surface area contributed by atoms with Crippen LogP contribution in [0.4, 0.5) is 4.79 Å². The second-order valence-corrected chi connectivity index (χ2v) is 3.68. The number of benzene rings is 1. The molecule has 0 spiro atoms. The summed E-state index contributed by atoms with van der Waals surface area (Å²) >= 11 is 0. The number of nitrogens with two attached hydrogens (primary N) is 1. The number of fused-ring (bicyclic) bond motifs is 1. The van der Waals surface area contributed by atoms with Crippen LogP contribution in [0, 0.1) is 0 Å². The predicted molar refractivity (Wildman–Crippen MR) is 56.7 cm³/mol. The maximum absolute atomic E-state index is 11.6. The molecule has 2 amide bonds. The number of ether oxygens (including phenoxy) is 1. The number of primary amides is 1. The van der Waals surface area contributed by atoms with Crippen LogP contribution in [0.25, 0.3) is 0 Å². The fourth-order valence-corrected chi connectivity index (χ4v) is 1.58. The zero-order valence-corrected chi connectivity index (χ0v) is 8.84. The molecule has 1 aliphatic rings. The van der Waals surface area contributed by atoms with Gasteiger partial charge in [-0.25, -0.2) is 4.79 Å². The van der Waals surface area contributed by atoms with E-state index in [9.17, 15) is 9.59 Å². The summed E-state index contributed by atoms with van der Waals surface area (Å²) in [5.74, 6) is -0.00301. The van der Waals surface area contributed by atoms with Crippen LogP contribution in [0.1, 0.15) is 12.5 Å². The van der Waals surface area contributed by atoms with Gasteiger partial charge in [-0.05, 0) is 13.0 Å². The van der Waals surface area contributed by atoms with Gasteiger partial charge in [-0.1, -0.05) is 18.2 Å². The Morgan fingerprint density at radius 1 is 1.50 bits per heavy atom. The summed E-state index contributed by atoms with van der Waals surface area (Å²) in [4.78, 5) is 23.9. The van der Waals surface area contributed by atoms with Crippen LogP contribution in [-0.2, 0) is 11.3 Å². The molecule has 1 atom stereocenters. The average Bonchev–Trinajstić information content (AvgIpc) is 2.27. The third kappa shape index (κ3) is 1.71. The number of nitrogens with zero attached hydrogens (tertiary/aromatic N) is 1. The summed E-state index contributed by atoms with van der Waals surface area (Å²) in [7, 11) is 0. The minimum absolute atomic E-state index is 0.346. The van der Waals surface area contributed by atoms with E-state index >= 15 is 0 Å². The van der Waals surface area contributed by atoms with Crippen molar-refractivity contribution >= 4 is 12.0 Å². The van der Waals surface area contributed by atoms with Crippen molar-refractivity contribution in [2.75, 3.05) is 0 Å². The molecule has 0 aliphatic carbocycles. The van der Waals surface area contributed by atoms with Crippen molar-refractivity contribution in [2.24, 2.45) is 5.73 Å². The van der Waals surface area contributed by atoms with Crippen LogP contribution in [0.5, 0.6) is 5.75 Å². The van der Waals surface area contributed by atoms with E-state index in [0.717, 1.165) is 5.56 Å². The number of hydrogen-bond donors (Lipinski definition) is 1. The van der Waals surface area contributed by atoms with Gasteiger partial charge in [-0.15, -0.1) is 0 Å². The molecule has 0 saturated heterocycles. The van der Waals surface area contributed by atoms with E-state index in [1.165, 1.54) is 4.90 Å². The SMILES string of the molecule is C[C@H](C(N)=O)N1Cc2ccccc2OC1=O.